The number of ether oxygens (including phenoxy) is 1. The number of hydrogen-bond acceptors (Lipinski definition) is 7. The van der Waals surface area contributed by atoms with E-state index in [1.807, 2.05) is 0 Å². The van der Waals surface area contributed by atoms with Crippen molar-refractivity contribution in [2.45, 2.75) is 35.4 Å². The smallest absolute Gasteiger partial charge is 0.384 e. The van der Waals surface area contributed by atoms with Gasteiger partial charge in [-0.05, 0) is 26.0 Å². The molecule has 8 nitrogen and oxygen atoms in total. The number of nitrogens with two attached hydrogens (primary N) is 1. The highest BCUT2D eigenvalue weighted by Crippen LogP contribution is 2.40. The SMILES string of the molecule is Cc1nc(N2CCOC(C)(C(F)(F)F)C2)c2[nH]c(N)c(S(=O)(=O)c3ccccc3F)c2n1. The lowest BCUT2D eigenvalue weighted by Gasteiger charge is -2.41. The van der Waals surface area contributed by atoms with Gasteiger partial charge in [0.2, 0.25) is 9.84 Å². The highest BCUT2D eigenvalue weighted by atomic mass is 32.2. The normalized spacial score (nSPS) is 20.1. The van der Waals surface area contributed by atoms with Crippen molar-refractivity contribution >= 4 is 32.5 Å². The zero-order chi connectivity index (χ0) is 23.5. The van der Waals surface area contributed by atoms with Crippen molar-refractivity contribution in [3.8, 4) is 0 Å². The molecule has 172 valence electrons. The Morgan fingerprint density at radius 3 is 2.59 bits per heavy atom. The molecule has 1 aliphatic heterocycles. The maximum atomic E-state index is 14.3. The molecular weight excluding hydrogens is 454 g/mol. The predicted octanol–water partition coefficient (Wildman–Crippen LogP) is 2.98. The first kappa shape index (κ1) is 22.3. The Morgan fingerprint density at radius 2 is 1.94 bits per heavy atom. The molecule has 3 aromatic rings. The van der Waals surface area contributed by atoms with Gasteiger partial charge >= 0.3 is 6.18 Å². The van der Waals surface area contributed by atoms with Gasteiger partial charge in [-0.15, -0.1) is 0 Å². The summed E-state index contributed by atoms with van der Waals surface area (Å²) >= 11 is 0. The van der Waals surface area contributed by atoms with Crippen LogP contribution in [0.1, 0.15) is 12.7 Å². The molecule has 4 rings (SSSR count). The van der Waals surface area contributed by atoms with Crippen LogP contribution in [0.4, 0.5) is 29.2 Å². The second kappa shape index (κ2) is 7.30. The van der Waals surface area contributed by atoms with Crippen molar-refractivity contribution in [2.24, 2.45) is 0 Å². The maximum Gasteiger partial charge on any atom is 0.418 e. The largest absolute Gasteiger partial charge is 0.418 e. The fourth-order valence-corrected chi connectivity index (χ4v) is 5.20. The third kappa shape index (κ3) is 3.45. The number of hydrogen-bond donors (Lipinski definition) is 2. The van der Waals surface area contributed by atoms with Crippen LogP contribution < -0.4 is 10.6 Å². The van der Waals surface area contributed by atoms with E-state index in [0.29, 0.717) is 0 Å². The molecule has 1 aromatic carbocycles. The monoisotopic (exact) mass is 473 g/mol. The number of H-pyrrole nitrogens is 1. The molecule has 0 amide bonds. The number of nitrogen functional groups attached to an aromatic ring is 1. The van der Waals surface area contributed by atoms with E-state index in [0.717, 1.165) is 19.1 Å². The van der Waals surface area contributed by atoms with Gasteiger partial charge in [0, 0.05) is 6.54 Å². The molecule has 13 heteroatoms. The lowest BCUT2D eigenvalue weighted by atomic mass is 10.0. The van der Waals surface area contributed by atoms with Crippen LogP contribution in [0.25, 0.3) is 11.0 Å². The number of rotatable bonds is 3. The summed E-state index contributed by atoms with van der Waals surface area (Å²) in [4.78, 5) is 11.3. The molecule has 0 aliphatic carbocycles. The first-order valence-corrected chi connectivity index (χ1v) is 10.9. The number of morpholine rings is 1. The first-order chi connectivity index (χ1) is 14.8. The zero-order valence-electron chi connectivity index (χ0n) is 17.0. The fraction of sp³-hybridized carbons (Fsp3) is 0.368. The molecule has 0 saturated carbocycles. The molecule has 1 aliphatic rings. The van der Waals surface area contributed by atoms with Crippen LogP contribution in [-0.4, -0.2) is 54.8 Å². The Hall–Kier alpha value is -2.93. The molecule has 32 heavy (non-hydrogen) atoms. The summed E-state index contributed by atoms with van der Waals surface area (Å²) in [6, 6.07) is 4.79. The van der Waals surface area contributed by atoms with Crippen molar-refractivity contribution in [1.29, 1.82) is 0 Å². The highest BCUT2D eigenvalue weighted by molar-refractivity contribution is 7.92. The predicted molar refractivity (Wildman–Crippen MR) is 108 cm³/mol. The molecule has 1 unspecified atom stereocenters. The number of nitrogens with zero attached hydrogens (tertiary/aromatic N) is 3. The minimum Gasteiger partial charge on any atom is -0.384 e. The first-order valence-electron chi connectivity index (χ1n) is 9.46. The van der Waals surface area contributed by atoms with Crippen molar-refractivity contribution in [2.75, 3.05) is 30.3 Å². The number of aromatic nitrogens is 3. The van der Waals surface area contributed by atoms with Gasteiger partial charge in [0.1, 0.15) is 38.3 Å². The minimum absolute atomic E-state index is 0.0365. The molecule has 0 bridgehead atoms. The van der Waals surface area contributed by atoms with E-state index in [2.05, 4.69) is 15.0 Å². The van der Waals surface area contributed by atoms with Gasteiger partial charge in [-0.25, -0.2) is 22.8 Å². The molecule has 3 heterocycles. The van der Waals surface area contributed by atoms with Gasteiger partial charge in [0.05, 0.1) is 13.2 Å². The number of aromatic amines is 1. The number of aryl methyl sites for hydroxylation is 1. The average molecular weight is 473 g/mol. The van der Waals surface area contributed by atoms with Gasteiger partial charge in [-0.2, -0.15) is 13.2 Å². The van der Waals surface area contributed by atoms with E-state index >= 15 is 0 Å². The molecule has 1 atom stereocenters. The Balaban J connectivity index is 1.90. The number of alkyl halides is 3. The van der Waals surface area contributed by atoms with E-state index < -0.39 is 43.8 Å². The summed E-state index contributed by atoms with van der Waals surface area (Å²) in [5, 5.41) is 0. The number of anilines is 2. The van der Waals surface area contributed by atoms with Crippen LogP contribution in [0.3, 0.4) is 0 Å². The van der Waals surface area contributed by atoms with Gasteiger partial charge in [-0.1, -0.05) is 12.1 Å². The maximum absolute atomic E-state index is 14.3. The zero-order valence-corrected chi connectivity index (χ0v) is 17.8. The summed E-state index contributed by atoms with van der Waals surface area (Å²) in [7, 11) is -4.44. The number of halogens is 4. The fourth-order valence-electron chi connectivity index (χ4n) is 3.65. The van der Waals surface area contributed by atoms with Crippen LogP contribution in [0.5, 0.6) is 0 Å². The van der Waals surface area contributed by atoms with Crippen molar-refractivity contribution in [1.82, 2.24) is 15.0 Å². The third-order valence-corrected chi connectivity index (χ3v) is 7.15. The Labute approximate surface area is 180 Å². The molecule has 0 spiro atoms. The summed E-state index contributed by atoms with van der Waals surface area (Å²) < 4.78 is 86.3. The second-order valence-corrected chi connectivity index (χ2v) is 9.47. The molecule has 2 aromatic heterocycles. The topological polar surface area (TPSA) is 114 Å². The lowest BCUT2D eigenvalue weighted by molar-refractivity contribution is -0.272. The van der Waals surface area contributed by atoms with Crippen LogP contribution in [0, 0.1) is 12.7 Å². The number of benzene rings is 1. The third-order valence-electron chi connectivity index (χ3n) is 5.29. The Morgan fingerprint density at radius 1 is 1.25 bits per heavy atom. The molecule has 3 N–H and O–H groups in total. The van der Waals surface area contributed by atoms with Gasteiger partial charge < -0.3 is 20.4 Å². The quantitative estimate of drug-likeness (QED) is 0.562. The molecule has 0 radical (unpaired) electrons. The van der Waals surface area contributed by atoms with Crippen LogP contribution in [0.2, 0.25) is 0 Å². The Bertz CT molecular complexity index is 1310. The van der Waals surface area contributed by atoms with Crippen molar-refractivity contribution in [3.63, 3.8) is 0 Å². The van der Waals surface area contributed by atoms with Crippen LogP contribution >= 0.6 is 0 Å². The average Bonchev–Trinajstić information content (AvgIpc) is 3.03. The van der Waals surface area contributed by atoms with E-state index in [-0.39, 0.29) is 41.6 Å². The lowest BCUT2D eigenvalue weighted by Crippen LogP contribution is -2.58. The van der Waals surface area contributed by atoms with E-state index in [9.17, 15) is 26.0 Å². The van der Waals surface area contributed by atoms with Gasteiger partial charge in [0.25, 0.3) is 0 Å². The van der Waals surface area contributed by atoms with E-state index in [1.54, 1.807) is 0 Å². The van der Waals surface area contributed by atoms with Gasteiger partial charge in [-0.3, -0.25) is 0 Å². The summed E-state index contributed by atoms with van der Waals surface area (Å²) in [5.41, 5.74) is 3.41. The Kier molecular flexibility index (Phi) is 5.08. The number of nitrogens with one attached hydrogen (secondary N) is 1. The highest BCUT2D eigenvalue weighted by Gasteiger charge is 2.55. The van der Waals surface area contributed by atoms with Gasteiger partial charge in [0.15, 0.2) is 11.4 Å². The summed E-state index contributed by atoms with van der Waals surface area (Å²) in [5.74, 6) is -1.14. The molecule has 1 fully saturated rings. The number of fused-ring (bicyclic) bond motifs is 1. The number of sulfone groups is 1. The van der Waals surface area contributed by atoms with E-state index in [4.69, 9.17) is 10.5 Å². The van der Waals surface area contributed by atoms with Crippen molar-refractivity contribution in [3.05, 3.63) is 35.9 Å². The minimum atomic E-state index is -4.64. The van der Waals surface area contributed by atoms with E-state index in [1.165, 1.54) is 24.0 Å². The molecule has 1 saturated heterocycles. The summed E-state index contributed by atoms with van der Waals surface area (Å²) in [6.45, 7) is 1.68. The van der Waals surface area contributed by atoms with Crippen LogP contribution in [0.15, 0.2) is 34.1 Å². The standard InChI is InChI=1S/C19H19F4N5O3S/c1-10-25-13-14(17(26-10)28-7-8-31-18(2,9-28)19(21,22)23)27-16(24)15(13)32(29,30)12-6-4-3-5-11(12)20/h3-6,27H,7-9,24H2,1-2H3. The van der Waals surface area contributed by atoms with Crippen LogP contribution in [-0.2, 0) is 14.6 Å². The van der Waals surface area contributed by atoms with Crippen molar-refractivity contribution < 1.29 is 30.7 Å². The summed E-state index contributed by atoms with van der Waals surface area (Å²) in [6.07, 6.45) is -4.64. The molecular formula is C19H19F4N5O3S. The second-order valence-electron chi connectivity index (χ2n) is 7.62.